The van der Waals surface area contributed by atoms with Crippen LogP contribution in [0.3, 0.4) is 0 Å². The molecule has 0 bridgehead atoms. The van der Waals surface area contributed by atoms with Crippen molar-refractivity contribution in [1.29, 1.82) is 0 Å². The van der Waals surface area contributed by atoms with Crippen LogP contribution in [0.4, 0.5) is 0 Å². The standard InChI is InChI=1S/C17H16N2O/c1-2-17(20)15-12-19(13-7-6-10-18-11-13)16-9-5-3-4-8-14(15)16/h3,5-12H,2,4H2,1H3. The van der Waals surface area contributed by atoms with Crippen LogP contribution in [0.2, 0.25) is 0 Å². The Kier molecular flexibility index (Phi) is 3.33. The van der Waals surface area contributed by atoms with Crippen LogP contribution in [0, 0.1) is 0 Å². The van der Waals surface area contributed by atoms with Crippen LogP contribution in [0.1, 0.15) is 30.1 Å². The maximum atomic E-state index is 12.2. The van der Waals surface area contributed by atoms with Crippen molar-refractivity contribution in [3.05, 3.63) is 59.0 Å². The van der Waals surface area contributed by atoms with Gasteiger partial charge in [0.2, 0.25) is 0 Å². The highest BCUT2D eigenvalue weighted by molar-refractivity contribution is 5.96. The minimum atomic E-state index is 0.176. The molecule has 0 N–H and O–H groups in total. The fourth-order valence-corrected chi connectivity index (χ4v) is 2.47. The summed E-state index contributed by atoms with van der Waals surface area (Å²) in [6.45, 7) is 1.90. The Labute approximate surface area is 117 Å². The SMILES string of the molecule is CCC(=O)c1cn(-c2cccnc2)c2c1=CCC=CC=2. The van der Waals surface area contributed by atoms with Crippen molar-refractivity contribution in [2.75, 3.05) is 0 Å². The molecule has 2 aromatic heterocycles. The van der Waals surface area contributed by atoms with Crippen molar-refractivity contribution in [2.24, 2.45) is 0 Å². The monoisotopic (exact) mass is 264 g/mol. The zero-order valence-electron chi connectivity index (χ0n) is 11.4. The highest BCUT2D eigenvalue weighted by Crippen LogP contribution is 2.06. The maximum Gasteiger partial charge on any atom is 0.164 e. The number of Topliss-reactive ketones (excluding diaryl/α,β-unsaturated/α-hetero) is 1. The first-order valence-corrected chi connectivity index (χ1v) is 6.83. The number of aromatic nitrogens is 2. The van der Waals surface area contributed by atoms with Gasteiger partial charge in [-0.2, -0.15) is 0 Å². The van der Waals surface area contributed by atoms with Crippen LogP contribution in [-0.4, -0.2) is 15.3 Å². The predicted octanol–water partition coefficient (Wildman–Crippen LogP) is 1.99. The van der Waals surface area contributed by atoms with Crippen LogP contribution in [-0.2, 0) is 0 Å². The van der Waals surface area contributed by atoms with Crippen LogP contribution in [0.5, 0.6) is 0 Å². The highest BCUT2D eigenvalue weighted by Gasteiger charge is 2.12. The third-order valence-electron chi connectivity index (χ3n) is 3.48. The molecule has 0 amide bonds. The summed E-state index contributed by atoms with van der Waals surface area (Å²) in [5.74, 6) is 0.176. The number of allylic oxidation sites excluding steroid dienone is 2. The lowest BCUT2D eigenvalue weighted by Crippen LogP contribution is -2.30. The molecule has 3 heteroatoms. The predicted molar refractivity (Wildman–Crippen MR) is 80.1 cm³/mol. The van der Waals surface area contributed by atoms with Crippen LogP contribution in [0.15, 0.2) is 42.9 Å². The average molecular weight is 264 g/mol. The van der Waals surface area contributed by atoms with Crippen LogP contribution < -0.4 is 10.6 Å². The summed E-state index contributed by atoms with van der Waals surface area (Å²) in [6, 6.07) is 3.90. The number of pyridine rings is 1. The molecule has 1 aliphatic carbocycles. The molecule has 3 nitrogen and oxygen atoms in total. The maximum absolute atomic E-state index is 12.2. The van der Waals surface area contributed by atoms with Crippen LogP contribution >= 0.6 is 0 Å². The largest absolute Gasteiger partial charge is 0.314 e. The second-order valence-corrected chi connectivity index (χ2v) is 4.73. The van der Waals surface area contributed by atoms with Crippen molar-refractivity contribution in [3.63, 3.8) is 0 Å². The van der Waals surface area contributed by atoms with E-state index in [1.165, 1.54) is 0 Å². The van der Waals surface area contributed by atoms with E-state index in [-0.39, 0.29) is 5.78 Å². The quantitative estimate of drug-likeness (QED) is 0.795. The Morgan fingerprint density at radius 3 is 3.10 bits per heavy atom. The van der Waals surface area contributed by atoms with Gasteiger partial charge >= 0.3 is 0 Å². The molecular weight excluding hydrogens is 248 g/mol. The summed E-state index contributed by atoms with van der Waals surface area (Å²) in [5.41, 5.74) is 1.77. The van der Waals surface area contributed by atoms with E-state index < -0.39 is 0 Å². The van der Waals surface area contributed by atoms with Gasteiger partial charge < -0.3 is 4.57 Å². The molecule has 1 aliphatic rings. The molecule has 2 aromatic rings. The number of nitrogens with zero attached hydrogens (tertiary/aromatic N) is 2. The summed E-state index contributed by atoms with van der Waals surface area (Å²) in [7, 11) is 0. The molecule has 100 valence electrons. The van der Waals surface area contributed by atoms with Gasteiger partial charge in [-0.05, 0) is 24.6 Å². The van der Waals surface area contributed by atoms with E-state index >= 15 is 0 Å². The third kappa shape index (κ3) is 2.11. The van der Waals surface area contributed by atoms with Gasteiger partial charge in [0.25, 0.3) is 0 Å². The molecule has 0 saturated carbocycles. The fraction of sp³-hybridized carbons (Fsp3) is 0.176. The molecule has 0 atom stereocenters. The van der Waals surface area contributed by atoms with Gasteiger partial charge in [0.1, 0.15) is 0 Å². The van der Waals surface area contributed by atoms with E-state index in [4.69, 9.17) is 0 Å². The minimum absolute atomic E-state index is 0.176. The van der Waals surface area contributed by atoms with E-state index in [1.807, 2.05) is 42.1 Å². The van der Waals surface area contributed by atoms with E-state index in [1.54, 1.807) is 6.20 Å². The number of carbonyl (C=O) groups is 1. The third-order valence-corrected chi connectivity index (χ3v) is 3.48. The first-order chi connectivity index (χ1) is 9.81. The second kappa shape index (κ2) is 5.29. The van der Waals surface area contributed by atoms with Gasteiger partial charge in [-0.25, -0.2) is 0 Å². The lowest BCUT2D eigenvalue weighted by Gasteiger charge is -2.01. The molecule has 0 radical (unpaired) electrons. The molecule has 0 saturated heterocycles. The Morgan fingerprint density at radius 2 is 2.35 bits per heavy atom. The molecule has 2 heterocycles. The summed E-state index contributed by atoms with van der Waals surface area (Å²) >= 11 is 0. The molecular formula is C17H16N2O. The Hall–Kier alpha value is -2.42. The molecule has 0 aromatic carbocycles. The van der Waals surface area contributed by atoms with Crippen LogP contribution in [0.25, 0.3) is 17.8 Å². The topological polar surface area (TPSA) is 34.9 Å². The van der Waals surface area contributed by atoms with E-state index in [9.17, 15) is 4.79 Å². The summed E-state index contributed by atoms with van der Waals surface area (Å²) in [6.07, 6.45) is 15.2. The summed E-state index contributed by atoms with van der Waals surface area (Å²) in [4.78, 5) is 16.3. The first-order valence-electron chi connectivity index (χ1n) is 6.83. The highest BCUT2D eigenvalue weighted by atomic mass is 16.1. The van der Waals surface area contributed by atoms with Gasteiger partial charge in [-0.3, -0.25) is 9.78 Å². The minimum Gasteiger partial charge on any atom is -0.314 e. The average Bonchev–Trinajstić information content (AvgIpc) is 2.69. The van der Waals surface area contributed by atoms with Gasteiger partial charge in [0.15, 0.2) is 5.78 Å². The Balaban J connectivity index is 2.32. The molecule has 3 rings (SSSR count). The van der Waals surface area contributed by atoms with Gasteiger partial charge in [-0.15, -0.1) is 0 Å². The van der Waals surface area contributed by atoms with E-state index in [0.717, 1.165) is 28.2 Å². The number of hydrogen-bond donors (Lipinski definition) is 0. The summed E-state index contributed by atoms with van der Waals surface area (Å²) in [5, 5.41) is 2.08. The van der Waals surface area contributed by atoms with Gasteiger partial charge in [0.05, 0.1) is 17.2 Å². The molecule has 0 aliphatic heterocycles. The molecule has 0 fully saturated rings. The molecule has 20 heavy (non-hydrogen) atoms. The van der Waals surface area contributed by atoms with Crippen molar-refractivity contribution < 1.29 is 4.79 Å². The zero-order valence-corrected chi connectivity index (χ0v) is 11.4. The zero-order chi connectivity index (χ0) is 13.9. The first kappa shape index (κ1) is 12.6. The van der Waals surface area contributed by atoms with Crippen molar-refractivity contribution in [3.8, 4) is 5.69 Å². The lowest BCUT2D eigenvalue weighted by atomic mass is 10.1. The second-order valence-electron chi connectivity index (χ2n) is 4.73. The smallest absolute Gasteiger partial charge is 0.164 e. The number of carbonyl (C=O) groups excluding carboxylic acids is 1. The molecule has 0 spiro atoms. The van der Waals surface area contributed by atoms with Crippen molar-refractivity contribution in [1.82, 2.24) is 9.55 Å². The van der Waals surface area contributed by atoms with Gasteiger partial charge in [0, 0.05) is 29.6 Å². The fourth-order valence-electron chi connectivity index (χ4n) is 2.47. The van der Waals surface area contributed by atoms with E-state index in [0.29, 0.717) is 6.42 Å². The number of hydrogen-bond acceptors (Lipinski definition) is 2. The number of fused-ring (bicyclic) bond motifs is 1. The lowest BCUT2D eigenvalue weighted by molar-refractivity contribution is 0.0987. The molecule has 0 unspecified atom stereocenters. The van der Waals surface area contributed by atoms with E-state index in [2.05, 4.69) is 23.2 Å². The normalized spacial score (nSPS) is 13.1. The Bertz CT molecular complexity index is 782. The number of ketones is 1. The van der Waals surface area contributed by atoms with Crippen molar-refractivity contribution in [2.45, 2.75) is 19.8 Å². The van der Waals surface area contributed by atoms with Gasteiger partial charge in [-0.1, -0.05) is 25.2 Å². The summed E-state index contributed by atoms with van der Waals surface area (Å²) < 4.78 is 2.04. The van der Waals surface area contributed by atoms with Crippen molar-refractivity contribution >= 4 is 17.9 Å². The Morgan fingerprint density at radius 1 is 1.45 bits per heavy atom. The number of rotatable bonds is 3.